The van der Waals surface area contributed by atoms with Gasteiger partial charge in [0.15, 0.2) is 0 Å². The van der Waals surface area contributed by atoms with Crippen LogP contribution >= 0.6 is 0 Å². The maximum atomic E-state index is 12.8. The van der Waals surface area contributed by atoms with Gasteiger partial charge in [-0.25, -0.2) is 0 Å². The van der Waals surface area contributed by atoms with Crippen LogP contribution in [0.5, 0.6) is 11.5 Å². The predicted octanol–water partition coefficient (Wildman–Crippen LogP) is 1.88. The van der Waals surface area contributed by atoms with Crippen LogP contribution in [0.3, 0.4) is 0 Å². The summed E-state index contributed by atoms with van der Waals surface area (Å²) in [7, 11) is 3.11. The van der Waals surface area contributed by atoms with E-state index in [2.05, 4.69) is 0 Å². The summed E-state index contributed by atoms with van der Waals surface area (Å²) in [5.41, 5.74) is 0.370. The number of carboxylic acids is 1. The smallest absolute Gasteiger partial charge is 0.306 e. The van der Waals surface area contributed by atoms with Crippen molar-refractivity contribution in [1.29, 1.82) is 0 Å². The molecule has 0 radical (unpaired) electrons. The van der Waals surface area contributed by atoms with Gasteiger partial charge >= 0.3 is 5.97 Å². The van der Waals surface area contributed by atoms with Crippen molar-refractivity contribution in [1.82, 2.24) is 9.80 Å². The van der Waals surface area contributed by atoms with Crippen molar-refractivity contribution in [2.75, 3.05) is 40.4 Å². The molecule has 0 unspecified atom stereocenters. The van der Waals surface area contributed by atoms with Crippen molar-refractivity contribution in [3.8, 4) is 11.5 Å². The Bertz CT molecular complexity index is 713. The molecule has 0 spiro atoms. The van der Waals surface area contributed by atoms with Crippen LogP contribution in [0, 0.1) is 5.92 Å². The summed E-state index contributed by atoms with van der Waals surface area (Å²) in [6.07, 6.45) is 1.67. The molecule has 1 saturated heterocycles. The minimum absolute atomic E-state index is 0.0736. The fraction of sp³-hybridized carbons (Fsp3) is 0.550. The van der Waals surface area contributed by atoms with Gasteiger partial charge in [-0.15, -0.1) is 0 Å². The molecule has 2 amide bonds. The Morgan fingerprint density at radius 3 is 2.50 bits per heavy atom. The highest BCUT2D eigenvalue weighted by Gasteiger charge is 2.28. The molecule has 0 aromatic heterocycles. The summed E-state index contributed by atoms with van der Waals surface area (Å²) < 4.78 is 10.9. The number of likely N-dealkylation sites (N-methyl/N-ethyl adjacent to an activating group) is 1. The Hall–Kier alpha value is -2.77. The number of aliphatic carboxylic acids is 1. The molecule has 0 aliphatic carbocycles. The standard InChI is InChI=1S/C20H28N2O6/c1-4-11-28-17-12-15(27-3)5-6-16(17)19(24)21(2)13-18(23)22-9-7-14(8-10-22)20(25)26/h5-6,12,14H,4,7-11,13H2,1-3H3,(H,25,26). The van der Waals surface area contributed by atoms with E-state index in [9.17, 15) is 14.4 Å². The van der Waals surface area contributed by atoms with Gasteiger partial charge < -0.3 is 24.4 Å². The first-order chi connectivity index (χ1) is 13.4. The van der Waals surface area contributed by atoms with E-state index in [0.717, 1.165) is 6.42 Å². The van der Waals surface area contributed by atoms with Crippen molar-refractivity contribution in [2.45, 2.75) is 26.2 Å². The molecule has 0 atom stereocenters. The second-order valence-corrected chi connectivity index (χ2v) is 6.87. The number of carboxylic acid groups (broad SMARTS) is 1. The number of methoxy groups -OCH3 is 1. The van der Waals surface area contributed by atoms with Gasteiger partial charge in [0.25, 0.3) is 5.91 Å². The van der Waals surface area contributed by atoms with E-state index in [0.29, 0.717) is 49.6 Å². The van der Waals surface area contributed by atoms with Gasteiger partial charge in [0.1, 0.15) is 11.5 Å². The summed E-state index contributed by atoms with van der Waals surface area (Å²) in [5.74, 6) is -0.721. The van der Waals surface area contributed by atoms with Crippen LogP contribution in [-0.2, 0) is 9.59 Å². The number of rotatable bonds is 8. The number of carbonyl (C=O) groups excluding carboxylic acids is 2. The SMILES string of the molecule is CCCOc1cc(OC)ccc1C(=O)N(C)CC(=O)N1CCC(C(=O)O)CC1. The Labute approximate surface area is 165 Å². The Kier molecular flexibility index (Phi) is 7.66. The number of nitrogens with zero attached hydrogens (tertiary/aromatic N) is 2. The van der Waals surface area contributed by atoms with Gasteiger partial charge in [0.05, 0.1) is 31.7 Å². The normalized spacial score (nSPS) is 14.5. The number of likely N-dealkylation sites (tertiary alicyclic amines) is 1. The van der Waals surface area contributed by atoms with Crippen molar-refractivity contribution in [2.24, 2.45) is 5.92 Å². The number of benzene rings is 1. The highest BCUT2D eigenvalue weighted by molar-refractivity contribution is 5.98. The highest BCUT2D eigenvalue weighted by atomic mass is 16.5. The van der Waals surface area contributed by atoms with Gasteiger partial charge in [-0.1, -0.05) is 6.92 Å². The van der Waals surface area contributed by atoms with Gasteiger partial charge in [-0.05, 0) is 31.4 Å². The minimum atomic E-state index is -0.821. The number of piperidine rings is 1. The maximum Gasteiger partial charge on any atom is 0.306 e. The summed E-state index contributed by atoms with van der Waals surface area (Å²) in [6.45, 7) is 3.15. The highest BCUT2D eigenvalue weighted by Crippen LogP contribution is 2.26. The van der Waals surface area contributed by atoms with Gasteiger partial charge in [0, 0.05) is 26.2 Å². The third-order valence-corrected chi connectivity index (χ3v) is 4.80. The third-order valence-electron chi connectivity index (χ3n) is 4.80. The van der Waals surface area contributed by atoms with E-state index in [-0.39, 0.29) is 18.4 Å². The molecule has 0 bridgehead atoms. The fourth-order valence-corrected chi connectivity index (χ4v) is 3.09. The van der Waals surface area contributed by atoms with Crippen molar-refractivity contribution < 1.29 is 29.0 Å². The summed E-state index contributed by atoms with van der Waals surface area (Å²) >= 11 is 0. The first-order valence-corrected chi connectivity index (χ1v) is 9.44. The molecule has 1 aromatic carbocycles. The average Bonchev–Trinajstić information content (AvgIpc) is 2.71. The molecule has 8 nitrogen and oxygen atoms in total. The van der Waals surface area contributed by atoms with Gasteiger partial charge in [0.2, 0.25) is 5.91 Å². The van der Waals surface area contributed by atoms with Crippen LogP contribution in [-0.4, -0.2) is 73.1 Å². The first kappa shape index (κ1) is 21.5. The van der Waals surface area contributed by atoms with Crippen molar-refractivity contribution >= 4 is 17.8 Å². The van der Waals surface area contributed by atoms with Crippen LogP contribution in [0.4, 0.5) is 0 Å². The molecule has 2 rings (SSSR count). The number of hydrogen-bond donors (Lipinski definition) is 1. The topological polar surface area (TPSA) is 96.4 Å². The summed E-state index contributed by atoms with van der Waals surface area (Å²) in [6, 6.07) is 4.97. The Morgan fingerprint density at radius 1 is 1.25 bits per heavy atom. The quantitative estimate of drug-likeness (QED) is 0.726. The molecule has 0 saturated carbocycles. The summed E-state index contributed by atoms with van der Waals surface area (Å²) in [4.78, 5) is 39.4. The molecule has 1 heterocycles. The lowest BCUT2D eigenvalue weighted by Gasteiger charge is -2.31. The molecule has 28 heavy (non-hydrogen) atoms. The first-order valence-electron chi connectivity index (χ1n) is 9.44. The number of hydrogen-bond acceptors (Lipinski definition) is 5. The maximum absolute atomic E-state index is 12.8. The Balaban J connectivity index is 2.02. The largest absolute Gasteiger partial charge is 0.497 e. The molecule has 154 valence electrons. The van der Waals surface area contributed by atoms with E-state index < -0.39 is 11.9 Å². The van der Waals surface area contributed by atoms with Gasteiger partial charge in [-0.3, -0.25) is 14.4 Å². The molecular weight excluding hydrogens is 364 g/mol. The second kappa shape index (κ2) is 9.96. The zero-order chi connectivity index (χ0) is 20.7. The van der Waals surface area contributed by atoms with E-state index in [4.69, 9.17) is 14.6 Å². The third kappa shape index (κ3) is 5.37. The second-order valence-electron chi connectivity index (χ2n) is 6.87. The molecule has 1 fully saturated rings. The number of amides is 2. The molecule has 1 aromatic rings. The van der Waals surface area contributed by atoms with E-state index >= 15 is 0 Å². The zero-order valence-corrected chi connectivity index (χ0v) is 16.6. The lowest BCUT2D eigenvalue weighted by molar-refractivity contribution is -0.145. The fourth-order valence-electron chi connectivity index (χ4n) is 3.09. The monoisotopic (exact) mass is 392 g/mol. The minimum Gasteiger partial charge on any atom is -0.497 e. The van der Waals surface area contributed by atoms with E-state index in [1.165, 1.54) is 4.90 Å². The molecule has 8 heteroatoms. The Morgan fingerprint density at radius 2 is 1.93 bits per heavy atom. The molecule has 1 aliphatic rings. The van der Waals surface area contributed by atoms with Crippen LogP contribution in [0.1, 0.15) is 36.5 Å². The molecule has 1 N–H and O–H groups in total. The van der Waals surface area contributed by atoms with Gasteiger partial charge in [-0.2, -0.15) is 0 Å². The lowest BCUT2D eigenvalue weighted by Crippen LogP contribution is -2.45. The lowest BCUT2D eigenvalue weighted by atomic mass is 9.97. The van der Waals surface area contributed by atoms with Crippen molar-refractivity contribution in [3.05, 3.63) is 23.8 Å². The number of carbonyl (C=O) groups is 3. The zero-order valence-electron chi connectivity index (χ0n) is 16.6. The van der Waals surface area contributed by atoms with Crippen LogP contribution in [0.15, 0.2) is 18.2 Å². The van der Waals surface area contributed by atoms with Crippen LogP contribution < -0.4 is 9.47 Å². The van der Waals surface area contributed by atoms with Crippen LogP contribution in [0.2, 0.25) is 0 Å². The average molecular weight is 392 g/mol. The summed E-state index contributed by atoms with van der Waals surface area (Å²) in [5, 5.41) is 9.06. The molecule has 1 aliphatic heterocycles. The number of ether oxygens (including phenoxy) is 2. The van der Waals surface area contributed by atoms with E-state index in [1.807, 2.05) is 6.92 Å². The predicted molar refractivity (Wildman–Crippen MR) is 103 cm³/mol. The molecular formula is C20H28N2O6. The van der Waals surface area contributed by atoms with Crippen LogP contribution in [0.25, 0.3) is 0 Å². The van der Waals surface area contributed by atoms with E-state index in [1.54, 1.807) is 37.3 Å². The van der Waals surface area contributed by atoms with Crippen molar-refractivity contribution in [3.63, 3.8) is 0 Å².